The summed E-state index contributed by atoms with van der Waals surface area (Å²) in [4.78, 5) is 17.3. The summed E-state index contributed by atoms with van der Waals surface area (Å²) in [6.45, 7) is 5.03. The summed E-state index contributed by atoms with van der Waals surface area (Å²) in [6.07, 6.45) is 2.22. The molecule has 1 aromatic carbocycles. The van der Waals surface area contributed by atoms with Gasteiger partial charge in [0.2, 0.25) is 0 Å². The molecule has 2 heterocycles. The number of hydrogen-bond acceptors (Lipinski definition) is 7. The van der Waals surface area contributed by atoms with Crippen molar-refractivity contribution in [2.45, 2.75) is 38.9 Å². The number of rotatable bonds is 7. The molecule has 0 spiro atoms. The van der Waals surface area contributed by atoms with Crippen LogP contribution in [0.2, 0.25) is 0 Å². The van der Waals surface area contributed by atoms with Crippen molar-refractivity contribution in [3.8, 4) is 0 Å². The Balaban J connectivity index is 1.56. The molecule has 2 aromatic rings. The van der Waals surface area contributed by atoms with E-state index in [1.54, 1.807) is 42.2 Å². The van der Waals surface area contributed by atoms with Gasteiger partial charge >= 0.3 is 6.18 Å². The van der Waals surface area contributed by atoms with E-state index in [-0.39, 0.29) is 23.7 Å². The summed E-state index contributed by atoms with van der Waals surface area (Å²) >= 11 is 0. The number of hydrogen-bond donors (Lipinski definition) is 3. The molecule has 1 saturated heterocycles. The Morgan fingerprint density at radius 3 is 2.58 bits per heavy atom. The number of carbonyl (C=O) groups excluding carboxylic acids is 1. The van der Waals surface area contributed by atoms with Crippen LogP contribution in [0.3, 0.4) is 0 Å². The maximum atomic E-state index is 13.8. The number of anilines is 1. The zero-order valence-corrected chi connectivity index (χ0v) is 23.5. The number of likely N-dealkylation sites (tertiary alicyclic amines) is 1. The molecule has 40 heavy (non-hydrogen) atoms. The molecule has 4 rings (SSSR count). The first kappa shape index (κ1) is 29.2. The van der Waals surface area contributed by atoms with E-state index in [2.05, 4.69) is 15.3 Å². The van der Waals surface area contributed by atoms with Gasteiger partial charge in [0.15, 0.2) is 0 Å². The minimum Gasteiger partial charge on any atom is -0.397 e. The van der Waals surface area contributed by atoms with Crippen LogP contribution in [0.1, 0.15) is 40.0 Å². The SMILES string of the molecule is Cc1ccc(C(=O)NC2=CC(C(F)(F)F)CC(N3CCC(N(C)C)C3)=C2)cc1N(N)/C=C(\N)c1cnn(C)c1C. The van der Waals surface area contributed by atoms with E-state index < -0.39 is 18.0 Å². The number of allylic oxidation sites excluding steroid dienone is 3. The quantitative estimate of drug-likeness (QED) is 0.353. The third-order valence-corrected chi connectivity index (χ3v) is 7.68. The molecule has 1 aliphatic carbocycles. The van der Waals surface area contributed by atoms with Crippen LogP contribution < -0.4 is 21.9 Å². The van der Waals surface area contributed by atoms with Crippen LogP contribution in [0, 0.1) is 19.8 Å². The molecule has 216 valence electrons. The number of alkyl halides is 3. The van der Waals surface area contributed by atoms with Crippen molar-refractivity contribution in [2.75, 3.05) is 32.2 Å². The number of amides is 1. The van der Waals surface area contributed by atoms with Gasteiger partial charge in [0.05, 0.1) is 23.5 Å². The molecule has 9 nitrogen and oxygen atoms in total. The predicted octanol–water partition coefficient (Wildman–Crippen LogP) is 3.39. The maximum Gasteiger partial charge on any atom is 0.395 e. The van der Waals surface area contributed by atoms with Gasteiger partial charge in [0, 0.05) is 67.0 Å². The van der Waals surface area contributed by atoms with Crippen LogP contribution in [0.4, 0.5) is 18.9 Å². The van der Waals surface area contributed by atoms with E-state index in [9.17, 15) is 18.0 Å². The number of benzene rings is 1. The molecule has 1 aliphatic heterocycles. The lowest BCUT2D eigenvalue weighted by molar-refractivity contribution is -0.162. The largest absolute Gasteiger partial charge is 0.397 e. The molecule has 2 unspecified atom stereocenters. The van der Waals surface area contributed by atoms with Crippen molar-refractivity contribution in [2.24, 2.45) is 24.5 Å². The minimum absolute atomic E-state index is 0.129. The Hall–Kier alpha value is -3.77. The van der Waals surface area contributed by atoms with Gasteiger partial charge in [-0.3, -0.25) is 14.5 Å². The highest BCUT2D eigenvalue weighted by atomic mass is 19.4. The van der Waals surface area contributed by atoms with Gasteiger partial charge in [-0.1, -0.05) is 6.07 Å². The molecule has 12 heteroatoms. The van der Waals surface area contributed by atoms with Gasteiger partial charge < -0.3 is 20.9 Å². The molecule has 1 aromatic heterocycles. The lowest BCUT2D eigenvalue weighted by Gasteiger charge is -2.30. The van der Waals surface area contributed by atoms with Crippen LogP contribution in [0.5, 0.6) is 0 Å². The number of carbonyl (C=O) groups is 1. The van der Waals surface area contributed by atoms with E-state index in [0.29, 0.717) is 30.2 Å². The van der Waals surface area contributed by atoms with E-state index >= 15 is 0 Å². The number of nitrogens with zero attached hydrogens (tertiary/aromatic N) is 5. The number of hydrazine groups is 1. The van der Waals surface area contributed by atoms with Crippen molar-refractivity contribution in [1.82, 2.24) is 24.9 Å². The number of halogens is 3. The molecule has 0 saturated carbocycles. The maximum absolute atomic E-state index is 13.8. The Bertz CT molecular complexity index is 1360. The lowest BCUT2D eigenvalue weighted by Crippen LogP contribution is -2.35. The summed E-state index contributed by atoms with van der Waals surface area (Å²) in [5, 5.41) is 8.19. The Labute approximate surface area is 232 Å². The van der Waals surface area contributed by atoms with Gasteiger partial charge in [-0.25, -0.2) is 5.84 Å². The van der Waals surface area contributed by atoms with Gasteiger partial charge in [-0.05, 0) is 64.2 Å². The first-order chi connectivity index (χ1) is 18.7. The van der Waals surface area contributed by atoms with Crippen LogP contribution in [0.15, 0.2) is 54.1 Å². The molecule has 5 N–H and O–H groups in total. The van der Waals surface area contributed by atoms with Gasteiger partial charge in [0.25, 0.3) is 5.91 Å². The van der Waals surface area contributed by atoms with E-state index in [1.807, 2.05) is 32.8 Å². The number of aryl methyl sites for hydroxylation is 2. The molecule has 1 amide bonds. The van der Waals surface area contributed by atoms with Gasteiger partial charge in [-0.15, -0.1) is 0 Å². The van der Waals surface area contributed by atoms with Crippen molar-refractivity contribution < 1.29 is 18.0 Å². The Morgan fingerprint density at radius 2 is 1.98 bits per heavy atom. The summed E-state index contributed by atoms with van der Waals surface area (Å²) in [5.74, 6) is 4.08. The van der Waals surface area contributed by atoms with Crippen LogP contribution in [-0.4, -0.2) is 64.9 Å². The number of nitrogens with two attached hydrogens (primary N) is 2. The highest BCUT2D eigenvalue weighted by Crippen LogP contribution is 2.38. The monoisotopic (exact) mass is 558 g/mol. The second-order valence-corrected chi connectivity index (χ2v) is 10.7. The fourth-order valence-electron chi connectivity index (χ4n) is 5.02. The lowest BCUT2D eigenvalue weighted by atomic mass is 9.95. The first-order valence-electron chi connectivity index (χ1n) is 13.1. The highest BCUT2D eigenvalue weighted by molar-refractivity contribution is 5.96. The normalized spacial score (nSPS) is 20.1. The van der Waals surface area contributed by atoms with Gasteiger partial charge in [0.1, 0.15) is 0 Å². The highest BCUT2D eigenvalue weighted by Gasteiger charge is 2.41. The fourth-order valence-corrected chi connectivity index (χ4v) is 5.02. The molecule has 0 radical (unpaired) electrons. The molecule has 2 atom stereocenters. The van der Waals surface area contributed by atoms with E-state index in [0.717, 1.165) is 29.3 Å². The van der Waals surface area contributed by atoms with E-state index in [4.69, 9.17) is 11.6 Å². The third kappa shape index (κ3) is 6.34. The second-order valence-electron chi connectivity index (χ2n) is 10.7. The van der Waals surface area contributed by atoms with Crippen LogP contribution in [-0.2, 0) is 7.05 Å². The first-order valence-corrected chi connectivity index (χ1v) is 13.1. The van der Waals surface area contributed by atoms with Crippen molar-refractivity contribution in [3.63, 3.8) is 0 Å². The predicted molar refractivity (Wildman–Crippen MR) is 149 cm³/mol. The van der Waals surface area contributed by atoms with Crippen molar-refractivity contribution in [3.05, 3.63) is 76.5 Å². The van der Waals surface area contributed by atoms with Crippen LogP contribution in [0.25, 0.3) is 5.70 Å². The standard InChI is InChI=1S/C28H37F3N8O/c1-17-6-7-19(10-26(17)39(33)16-25(32)24-14-34-37(5)18(24)2)27(40)35-21-11-20(28(29,30)31)12-23(13-21)38-9-8-22(15-38)36(3)4/h6-7,10-11,13-14,16,20,22H,8-9,12,15,32-33H2,1-5H3,(H,35,40)/b25-16-. The summed E-state index contributed by atoms with van der Waals surface area (Å²) < 4.78 is 43.2. The molecule has 0 bridgehead atoms. The zero-order chi connectivity index (χ0) is 29.4. The molecule has 1 fully saturated rings. The number of aromatic nitrogens is 2. The topological polar surface area (TPSA) is 109 Å². The average Bonchev–Trinajstić information content (AvgIpc) is 3.51. The molecular formula is C28H37F3N8O. The fraction of sp³-hybridized carbons (Fsp3) is 0.429. The Morgan fingerprint density at radius 1 is 1.25 bits per heavy atom. The average molecular weight is 559 g/mol. The smallest absolute Gasteiger partial charge is 0.395 e. The summed E-state index contributed by atoms with van der Waals surface area (Å²) in [6, 6.07) is 5.19. The van der Waals surface area contributed by atoms with E-state index in [1.165, 1.54) is 11.2 Å². The number of nitrogens with one attached hydrogen (secondary N) is 1. The van der Waals surface area contributed by atoms with Crippen molar-refractivity contribution in [1.29, 1.82) is 0 Å². The van der Waals surface area contributed by atoms with Crippen molar-refractivity contribution >= 4 is 17.3 Å². The Kier molecular flexibility index (Phi) is 8.31. The second kappa shape index (κ2) is 11.4. The minimum atomic E-state index is -4.42. The summed E-state index contributed by atoms with van der Waals surface area (Å²) in [7, 11) is 5.74. The van der Waals surface area contributed by atoms with Gasteiger partial charge in [-0.2, -0.15) is 18.3 Å². The van der Waals surface area contributed by atoms with Crippen LogP contribution >= 0.6 is 0 Å². The third-order valence-electron chi connectivity index (χ3n) is 7.68. The zero-order valence-electron chi connectivity index (χ0n) is 23.5. The molecule has 2 aliphatic rings. The molecular weight excluding hydrogens is 521 g/mol. The summed E-state index contributed by atoms with van der Waals surface area (Å²) in [5.41, 5.74) is 10.5. The number of likely N-dealkylation sites (N-methyl/N-ethyl adjacent to an activating group) is 1.